The van der Waals surface area contributed by atoms with Gasteiger partial charge in [-0.1, -0.05) is 11.6 Å². The van der Waals surface area contributed by atoms with Crippen LogP contribution in [0.4, 0.5) is 8.78 Å². The molecule has 0 amide bonds. The minimum atomic E-state index is -0.953. The highest BCUT2D eigenvalue weighted by atomic mass is 35.5. The van der Waals surface area contributed by atoms with Gasteiger partial charge in [-0.2, -0.15) is 0 Å². The van der Waals surface area contributed by atoms with E-state index in [0.29, 0.717) is 5.39 Å². The Labute approximate surface area is 78.0 Å². The van der Waals surface area contributed by atoms with Crippen LogP contribution in [0.5, 0.6) is 0 Å². The smallest absolute Gasteiger partial charge is 0.168 e. The zero-order chi connectivity index (χ0) is 9.42. The molecular formula is C9H4ClF2N. The average Bonchev–Trinajstić information content (AvgIpc) is 2.15. The third-order valence-corrected chi connectivity index (χ3v) is 2.09. The number of benzene rings is 1. The molecule has 1 heterocycles. The molecule has 2 rings (SSSR count). The molecule has 4 heteroatoms. The summed E-state index contributed by atoms with van der Waals surface area (Å²) < 4.78 is 25.9. The van der Waals surface area contributed by atoms with Crippen LogP contribution in [0, 0.1) is 11.6 Å². The number of hydrogen-bond donors (Lipinski definition) is 0. The van der Waals surface area contributed by atoms with Crippen LogP contribution in [0.25, 0.3) is 10.8 Å². The Morgan fingerprint density at radius 3 is 2.77 bits per heavy atom. The molecule has 0 saturated heterocycles. The monoisotopic (exact) mass is 199 g/mol. The lowest BCUT2D eigenvalue weighted by atomic mass is 10.1. The molecule has 0 fully saturated rings. The molecule has 0 atom stereocenters. The van der Waals surface area contributed by atoms with Crippen molar-refractivity contribution in [1.82, 2.24) is 4.98 Å². The van der Waals surface area contributed by atoms with E-state index < -0.39 is 11.6 Å². The molecule has 13 heavy (non-hydrogen) atoms. The number of rotatable bonds is 0. The van der Waals surface area contributed by atoms with E-state index in [-0.39, 0.29) is 10.4 Å². The average molecular weight is 200 g/mol. The van der Waals surface area contributed by atoms with Crippen molar-refractivity contribution in [3.05, 3.63) is 41.2 Å². The van der Waals surface area contributed by atoms with Crippen LogP contribution in [-0.4, -0.2) is 4.98 Å². The highest BCUT2D eigenvalue weighted by molar-refractivity contribution is 6.35. The maximum Gasteiger partial charge on any atom is 0.168 e. The maximum absolute atomic E-state index is 13.1. The summed E-state index contributed by atoms with van der Waals surface area (Å²) in [5.74, 6) is -1.86. The van der Waals surface area contributed by atoms with Gasteiger partial charge in [0.05, 0.1) is 5.02 Å². The Balaban J connectivity index is 2.97. The predicted molar refractivity (Wildman–Crippen MR) is 46.7 cm³/mol. The predicted octanol–water partition coefficient (Wildman–Crippen LogP) is 3.17. The molecule has 0 spiro atoms. The van der Waals surface area contributed by atoms with E-state index in [0.717, 1.165) is 6.07 Å². The van der Waals surface area contributed by atoms with E-state index in [1.807, 2.05) is 0 Å². The van der Waals surface area contributed by atoms with Gasteiger partial charge in [-0.05, 0) is 12.1 Å². The Hall–Kier alpha value is -1.22. The highest BCUT2D eigenvalue weighted by Gasteiger charge is 2.09. The summed E-state index contributed by atoms with van der Waals surface area (Å²) in [6.45, 7) is 0. The SMILES string of the molecule is Fc1cc(Cl)c2ccncc2c1F. The Morgan fingerprint density at radius 2 is 2.00 bits per heavy atom. The minimum Gasteiger partial charge on any atom is -0.264 e. The fraction of sp³-hybridized carbons (Fsp3) is 0. The lowest BCUT2D eigenvalue weighted by Gasteiger charge is -2.01. The van der Waals surface area contributed by atoms with Gasteiger partial charge >= 0.3 is 0 Å². The molecule has 0 aliphatic carbocycles. The lowest BCUT2D eigenvalue weighted by Crippen LogP contribution is -1.87. The topological polar surface area (TPSA) is 12.9 Å². The normalized spacial score (nSPS) is 10.7. The van der Waals surface area contributed by atoms with E-state index >= 15 is 0 Å². The van der Waals surface area contributed by atoms with Crippen LogP contribution in [-0.2, 0) is 0 Å². The summed E-state index contributed by atoms with van der Waals surface area (Å²) in [6, 6.07) is 2.50. The van der Waals surface area contributed by atoms with Gasteiger partial charge in [-0.25, -0.2) is 8.78 Å². The molecule has 1 aromatic carbocycles. The summed E-state index contributed by atoms with van der Waals surface area (Å²) in [6.07, 6.45) is 2.73. The van der Waals surface area contributed by atoms with Gasteiger partial charge in [0, 0.05) is 23.2 Å². The second kappa shape index (κ2) is 2.92. The van der Waals surface area contributed by atoms with E-state index in [2.05, 4.69) is 4.98 Å². The molecule has 1 nitrogen and oxygen atoms in total. The molecule has 1 aromatic heterocycles. The third kappa shape index (κ3) is 1.25. The van der Waals surface area contributed by atoms with Gasteiger partial charge in [0.25, 0.3) is 0 Å². The van der Waals surface area contributed by atoms with Crippen molar-refractivity contribution in [2.75, 3.05) is 0 Å². The standard InChI is InChI=1S/C9H4ClF2N/c10-7-3-8(11)9(12)6-4-13-2-1-5(6)7/h1-4H. The lowest BCUT2D eigenvalue weighted by molar-refractivity contribution is 0.517. The molecule has 0 saturated carbocycles. The van der Waals surface area contributed by atoms with Gasteiger partial charge in [0.2, 0.25) is 0 Å². The number of aromatic nitrogens is 1. The van der Waals surface area contributed by atoms with Gasteiger partial charge in [-0.3, -0.25) is 4.98 Å². The number of hydrogen-bond acceptors (Lipinski definition) is 1. The van der Waals surface area contributed by atoms with Crippen molar-refractivity contribution in [2.24, 2.45) is 0 Å². The molecule has 0 radical (unpaired) electrons. The number of nitrogens with zero attached hydrogens (tertiary/aromatic N) is 1. The molecular weight excluding hydrogens is 196 g/mol. The quantitative estimate of drug-likeness (QED) is 0.594. The third-order valence-electron chi connectivity index (χ3n) is 1.78. The largest absolute Gasteiger partial charge is 0.264 e. The van der Waals surface area contributed by atoms with Crippen LogP contribution in [0.15, 0.2) is 24.5 Å². The Morgan fingerprint density at radius 1 is 1.23 bits per heavy atom. The van der Waals surface area contributed by atoms with E-state index in [9.17, 15) is 8.78 Å². The first-order valence-electron chi connectivity index (χ1n) is 3.57. The fourth-order valence-corrected chi connectivity index (χ4v) is 1.42. The molecule has 0 bridgehead atoms. The van der Waals surface area contributed by atoms with Crippen molar-refractivity contribution in [3.63, 3.8) is 0 Å². The number of halogens is 3. The first-order chi connectivity index (χ1) is 6.20. The van der Waals surface area contributed by atoms with Crippen molar-refractivity contribution >= 4 is 22.4 Å². The van der Waals surface area contributed by atoms with Crippen molar-refractivity contribution in [2.45, 2.75) is 0 Å². The zero-order valence-electron chi connectivity index (χ0n) is 6.39. The summed E-state index contributed by atoms with van der Waals surface area (Å²) in [5, 5.41) is 0.763. The van der Waals surface area contributed by atoms with Crippen LogP contribution in [0.3, 0.4) is 0 Å². The summed E-state index contributed by atoms with van der Waals surface area (Å²) in [4.78, 5) is 3.69. The van der Waals surface area contributed by atoms with Gasteiger partial charge < -0.3 is 0 Å². The molecule has 0 unspecified atom stereocenters. The first kappa shape index (κ1) is 8.38. The summed E-state index contributed by atoms with van der Waals surface area (Å²) in [5.41, 5.74) is 0. The number of fused-ring (bicyclic) bond motifs is 1. The summed E-state index contributed by atoms with van der Waals surface area (Å²) >= 11 is 5.70. The van der Waals surface area contributed by atoms with Crippen LogP contribution >= 0.6 is 11.6 Å². The van der Waals surface area contributed by atoms with Crippen molar-refractivity contribution in [1.29, 1.82) is 0 Å². The second-order valence-corrected chi connectivity index (χ2v) is 2.98. The fourth-order valence-electron chi connectivity index (χ4n) is 1.16. The van der Waals surface area contributed by atoms with Crippen LogP contribution in [0.2, 0.25) is 5.02 Å². The van der Waals surface area contributed by atoms with Crippen molar-refractivity contribution in [3.8, 4) is 0 Å². The van der Waals surface area contributed by atoms with Gasteiger partial charge in [0.1, 0.15) is 0 Å². The second-order valence-electron chi connectivity index (χ2n) is 2.58. The highest BCUT2D eigenvalue weighted by Crippen LogP contribution is 2.26. The van der Waals surface area contributed by atoms with Crippen molar-refractivity contribution < 1.29 is 8.78 Å². The molecule has 0 aliphatic heterocycles. The van der Waals surface area contributed by atoms with Crippen LogP contribution in [0.1, 0.15) is 0 Å². The first-order valence-corrected chi connectivity index (χ1v) is 3.95. The van der Waals surface area contributed by atoms with E-state index in [1.54, 1.807) is 6.07 Å². The molecule has 2 aromatic rings. The van der Waals surface area contributed by atoms with E-state index in [4.69, 9.17) is 11.6 Å². The molecule has 0 N–H and O–H groups in total. The van der Waals surface area contributed by atoms with Crippen LogP contribution < -0.4 is 0 Å². The van der Waals surface area contributed by atoms with Gasteiger partial charge in [-0.15, -0.1) is 0 Å². The zero-order valence-corrected chi connectivity index (χ0v) is 7.15. The summed E-state index contributed by atoms with van der Waals surface area (Å²) in [7, 11) is 0. The molecule has 0 aliphatic rings. The molecule has 66 valence electrons. The number of pyridine rings is 1. The Bertz CT molecular complexity index is 470. The Kier molecular flexibility index (Phi) is 1.88. The maximum atomic E-state index is 13.1. The minimum absolute atomic E-state index is 0.104. The van der Waals surface area contributed by atoms with Gasteiger partial charge in [0.15, 0.2) is 11.6 Å². The van der Waals surface area contributed by atoms with E-state index in [1.165, 1.54) is 12.4 Å².